The van der Waals surface area contributed by atoms with Crippen molar-refractivity contribution in [3.8, 4) is 0 Å². The second-order valence-corrected chi connectivity index (χ2v) is 5.57. The van der Waals surface area contributed by atoms with Crippen LogP contribution in [-0.2, 0) is 4.79 Å². The number of rotatable bonds is 6. The van der Waals surface area contributed by atoms with Crippen LogP contribution in [0.5, 0.6) is 0 Å². The fraction of sp³-hybridized carbons (Fsp3) is 0.385. The van der Waals surface area contributed by atoms with Crippen LogP contribution in [0.1, 0.15) is 24.2 Å². The molecule has 0 saturated carbocycles. The Morgan fingerprint density at radius 1 is 1.33 bits per heavy atom. The van der Waals surface area contributed by atoms with Gasteiger partial charge in [0.05, 0.1) is 11.5 Å². The summed E-state index contributed by atoms with van der Waals surface area (Å²) in [4.78, 5) is 23.2. The van der Waals surface area contributed by atoms with Crippen molar-refractivity contribution in [3.63, 3.8) is 0 Å². The first kappa shape index (κ1) is 15.1. The molecule has 0 unspecified atom stereocenters. The fourth-order valence-electron chi connectivity index (χ4n) is 1.35. The summed E-state index contributed by atoms with van der Waals surface area (Å²) in [6, 6.07) is 6.95. The number of hydrogen-bond acceptors (Lipinski definition) is 3. The Balaban J connectivity index is 2.36. The third-order valence-corrected chi connectivity index (χ3v) is 3.23. The van der Waals surface area contributed by atoms with Gasteiger partial charge >= 0.3 is 0 Å². The minimum Gasteiger partial charge on any atom is -0.353 e. The zero-order valence-corrected chi connectivity index (χ0v) is 12.0. The van der Waals surface area contributed by atoms with Crippen LogP contribution in [-0.4, -0.2) is 29.2 Å². The Labute approximate surface area is 116 Å². The molecule has 1 N–H and O–H groups in total. The molecule has 1 amide bonds. The largest absolute Gasteiger partial charge is 0.353 e. The third-order valence-electron chi connectivity index (χ3n) is 2.06. The first-order valence-electron chi connectivity index (χ1n) is 5.65. The number of Topliss-reactive ketones (excluding diaryl/α,β-unsaturated/α-hetero) is 1. The second-order valence-electron chi connectivity index (χ2n) is 4.15. The lowest BCUT2D eigenvalue weighted by Crippen LogP contribution is -2.31. The zero-order chi connectivity index (χ0) is 13.5. The molecule has 0 fully saturated rings. The summed E-state index contributed by atoms with van der Waals surface area (Å²) in [5.74, 6) is 0.518. The van der Waals surface area contributed by atoms with Gasteiger partial charge in [0.25, 0.3) is 0 Å². The number of carbonyl (C=O) groups excluding carboxylic acids is 2. The molecule has 5 heteroatoms. The molecule has 3 nitrogen and oxygen atoms in total. The molecule has 0 bridgehead atoms. The van der Waals surface area contributed by atoms with Gasteiger partial charge in [-0.05, 0) is 26.0 Å². The van der Waals surface area contributed by atoms with Gasteiger partial charge in [-0.1, -0.05) is 23.7 Å². The third kappa shape index (κ3) is 5.56. The van der Waals surface area contributed by atoms with Crippen LogP contribution < -0.4 is 5.32 Å². The Morgan fingerprint density at radius 3 is 2.67 bits per heavy atom. The number of amides is 1. The molecule has 1 rings (SSSR count). The van der Waals surface area contributed by atoms with E-state index in [2.05, 4.69) is 5.32 Å². The maximum Gasteiger partial charge on any atom is 0.230 e. The van der Waals surface area contributed by atoms with Crippen LogP contribution in [0.25, 0.3) is 0 Å². The number of halogens is 1. The van der Waals surface area contributed by atoms with Crippen molar-refractivity contribution in [2.45, 2.75) is 19.9 Å². The van der Waals surface area contributed by atoms with Crippen molar-refractivity contribution in [2.75, 3.05) is 11.5 Å². The Morgan fingerprint density at radius 2 is 2.06 bits per heavy atom. The van der Waals surface area contributed by atoms with Crippen LogP contribution >= 0.6 is 23.4 Å². The van der Waals surface area contributed by atoms with Gasteiger partial charge in [-0.3, -0.25) is 9.59 Å². The van der Waals surface area contributed by atoms with Gasteiger partial charge < -0.3 is 5.32 Å². The fourth-order valence-corrected chi connectivity index (χ4v) is 2.26. The van der Waals surface area contributed by atoms with Gasteiger partial charge in [0, 0.05) is 16.6 Å². The molecule has 0 aromatic heterocycles. The van der Waals surface area contributed by atoms with Crippen LogP contribution in [0.2, 0.25) is 5.02 Å². The predicted molar refractivity (Wildman–Crippen MR) is 76.4 cm³/mol. The number of ketones is 1. The van der Waals surface area contributed by atoms with E-state index in [1.54, 1.807) is 24.3 Å². The topological polar surface area (TPSA) is 46.2 Å². The first-order valence-corrected chi connectivity index (χ1v) is 7.18. The normalized spacial score (nSPS) is 10.4. The van der Waals surface area contributed by atoms with E-state index in [1.165, 1.54) is 11.8 Å². The van der Waals surface area contributed by atoms with Gasteiger partial charge in [0.1, 0.15) is 0 Å². The highest BCUT2D eigenvalue weighted by molar-refractivity contribution is 8.00. The first-order chi connectivity index (χ1) is 8.49. The van der Waals surface area contributed by atoms with Gasteiger partial charge in [0.15, 0.2) is 5.78 Å². The summed E-state index contributed by atoms with van der Waals surface area (Å²) in [6.45, 7) is 3.80. The Hall–Kier alpha value is -1.00. The number of nitrogens with one attached hydrogen (secondary N) is 1. The zero-order valence-electron chi connectivity index (χ0n) is 10.4. The molecule has 0 saturated heterocycles. The molecule has 98 valence electrons. The van der Waals surface area contributed by atoms with Crippen LogP contribution in [0.15, 0.2) is 24.3 Å². The molecule has 0 aliphatic carbocycles. The minimum absolute atomic E-state index is 0.0140. The van der Waals surface area contributed by atoms with E-state index in [-0.39, 0.29) is 23.5 Å². The molecule has 0 aliphatic heterocycles. The number of carbonyl (C=O) groups is 2. The molecule has 0 atom stereocenters. The maximum atomic E-state index is 11.8. The van der Waals surface area contributed by atoms with E-state index in [0.29, 0.717) is 16.3 Å². The van der Waals surface area contributed by atoms with Crippen LogP contribution in [0.3, 0.4) is 0 Å². The summed E-state index contributed by atoms with van der Waals surface area (Å²) in [6.07, 6.45) is 0. The van der Waals surface area contributed by atoms with Crippen molar-refractivity contribution in [3.05, 3.63) is 34.9 Å². The van der Waals surface area contributed by atoms with E-state index in [9.17, 15) is 9.59 Å². The molecular weight excluding hydrogens is 270 g/mol. The van der Waals surface area contributed by atoms with E-state index in [1.807, 2.05) is 13.8 Å². The molecular formula is C13H16ClNO2S. The van der Waals surface area contributed by atoms with Crippen molar-refractivity contribution in [1.29, 1.82) is 0 Å². The Kier molecular flexibility index (Phi) is 6.22. The summed E-state index contributed by atoms with van der Waals surface area (Å²) in [7, 11) is 0. The van der Waals surface area contributed by atoms with Gasteiger partial charge in [0.2, 0.25) is 5.91 Å². The molecule has 0 radical (unpaired) electrons. The number of hydrogen-bond donors (Lipinski definition) is 1. The molecule has 18 heavy (non-hydrogen) atoms. The number of benzene rings is 1. The second kappa shape index (κ2) is 7.44. The van der Waals surface area contributed by atoms with Crippen molar-refractivity contribution >= 4 is 35.1 Å². The lowest BCUT2D eigenvalue weighted by molar-refractivity contribution is -0.119. The number of thioether (sulfide) groups is 1. The van der Waals surface area contributed by atoms with E-state index in [0.717, 1.165) is 0 Å². The van der Waals surface area contributed by atoms with E-state index in [4.69, 9.17) is 11.6 Å². The maximum absolute atomic E-state index is 11.8. The highest BCUT2D eigenvalue weighted by atomic mass is 35.5. The smallest absolute Gasteiger partial charge is 0.230 e. The molecule has 1 aromatic rings. The van der Waals surface area contributed by atoms with E-state index < -0.39 is 0 Å². The average molecular weight is 286 g/mol. The van der Waals surface area contributed by atoms with Crippen LogP contribution in [0.4, 0.5) is 0 Å². The van der Waals surface area contributed by atoms with Gasteiger partial charge in [-0.25, -0.2) is 0 Å². The van der Waals surface area contributed by atoms with Crippen molar-refractivity contribution in [2.24, 2.45) is 0 Å². The van der Waals surface area contributed by atoms with Gasteiger partial charge in [-0.2, -0.15) is 0 Å². The van der Waals surface area contributed by atoms with Crippen LogP contribution in [0, 0.1) is 0 Å². The SMILES string of the molecule is CC(C)NC(=O)CSCC(=O)c1cccc(Cl)c1. The van der Waals surface area contributed by atoms with Crippen molar-refractivity contribution < 1.29 is 9.59 Å². The molecule has 0 spiro atoms. The van der Waals surface area contributed by atoms with Gasteiger partial charge in [-0.15, -0.1) is 11.8 Å². The highest BCUT2D eigenvalue weighted by Gasteiger charge is 2.08. The lowest BCUT2D eigenvalue weighted by atomic mass is 10.1. The summed E-state index contributed by atoms with van der Waals surface area (Å²) in [5.41, 5.74) is 0.583. The molecule has 1 aromatic carbocycles. The minimum atomic E-state index is -0.0473. The molecule has 0 heterocycles. The summed E-state index contributed by atoms with van der Waals surface area (Å²) >= 11 is 7.12. The Bertz CT molecular complexity index is 435. The summed E-state index contributed by atoms with van der Waals surface area (Å²) < 4.78 is 0. The monoisotopic (exact) mass is 285 g/mol. The average Bonchev–Trinajstić information content (AvgIpc) is 2.27. The standard InChI is InChI=1S/C13H16ClNO2S/c1-9(2)15-13(17)8-18-7-12(16)10-4-3-5-11(14)6-10/h3-6,9H,7-8H2,1-2H3,(H,15,17). The van der Waals surface area contributed by atoms with E-state index >= 15 is 0 Å². The quantitative estimate of drug-likeness (QED) is 0.818. The highest BCUT2D eigenvalue weighted by Crippen LogP contribution is 2.13. The molecule has 0 aliphatic rings. The lowest BCUT2D eigenvalue weighted by Gasteiger charge is -2.07. The summed E-state index contributed by atoms with van der Waals surface area (Å²) in [5, 5.41) is 3.32. The van der Waals surface area contributed by atoms with Crippen molar-refractivity contribution in [1.82, 2.24) is 5.32 Å². The predicted octanol–water partition coefficient (Wildman–Crippen LogP) is 2.78.